The summed E-state index contributed by atoms with van der Waals surface area (Å²) in [6.45, 7) is 0. The van der Waals surface area contributed by atoms with E-state index < -0.39 is 15.6 Å². The first-order valence-corrected chi connectivity index (χ1v) is 8.91. The van der Waals surface area contributed by atoms with E-state index in [2.05, 4.69) is 25.2 Å². The van der Waals surface area contributed by atoms with Crippen LogP contribution in [0.15, 0.2) is 39.6 Å². The summed E-state index contributed by atoms with van der Waals surface area (Å²) in [4.78, 5) is 12.4. The number of nitrogens with zero attached hydrogens (tertiary/aromatic N) is 3. The number of carbonyl (C=O) groups excluding carboxylic acids is 1. The number of carbonyl (C=O) groups is 1. The van der Waals surface area contributed by atoms with Crippen molar-refractivity contribution in [1.82, 2.24) is 15.5 Å². The molecule has 1 aromatic carbocycles. The molecule has 0 aliphatic heterocycles. The van der Waals surface area contributed by atoms with Crippen LogP contribution in [0.2, 0.25) is 5.15 Å². The number of rotatable bonds is 4. The van der Waals surface area contributed by atoms with Gasteiger partial charge in [0.25, 0.3) is 5.91 Å². The molecule has 0 aliphatic carbocycles. The third kappa shape index (κ3) is 3.77. The number of aromatic nitrogens is 2. The molecule has 1 unspecified atom stereocenters. The number of hydrogen-bond acceptors (Lipinski definition) is 6. The molecule has 0 radical (unpaired) electrons. The van der Waals surface area contributed by atoms with Gasteiger partial charge in [-0.15, -0.1) is 10.2 Å². The molecule has 1 heterocycles. The average molecular weight is 354 g/mol. The maximum Gasteiger partial charge on any atom is 0.273 e. The molecule has 1 amide bonds. The summed E-state index contributed by atoms with van der Waals surface area (Å²) in [6.07, 6.45) is 1.55. The second-order valence-corrected chi connectivity index (χ2v) is 7.41. The molecular weight excluding hydrogens is 338 g/mol. The second kappa shape index (κ2) is 6.93. The maximum atomic E-state index is 12.6. The van der Waals surface area contributed by atoms with Crippen molar-refractivity contribution < 1.29 is 9.00 Å². The van der Waals surface area contributed by atoms with Crippen molar-refractivity contribution in [3.05, 3.63) is 41.2 Å². The summed E-state index contributed by atoms with van der Waals surface area (Å²) in [5.74, 6) is -0.411. The minimum absolute atomic E-state index is 0.0859. The third-order valence-corrected chi connectivity index (χ3v) is 5.17. The standard InChI is InChI=1S/C14H16ClN5O2S/c1-16-14(21)13-10(8-12(15)19-20-13)18-9-6-4-5-7-11(9)23(3,22)17-2/h4-8H,1-3H3,(H,16,21)(H,18,19). The van der Waals surface area contributed by atoms with Gasteiger partial charge in [-0.3, -0.25) is 4.79 Å². The van der Waals surface area contributed by atoms with Crippen LogP contribution < -0.4 is 10.6 Å². The second-order valence-electron chi connectivity index (χ2n) is 4.61. The van der Waals surface area contributed by atoms with E-state index in [1.165, 1.54) is 20.2 Å². The van der Waals surface area contributed by atoms with Crippen molar-refractivity contribution in [2.24, 2.45) is 4.36 Å². The first-order chi connectivity index (χ1) is 10.9. The number of hydrogen-bond donors (Lipinski definition) is 2. The fraction of sp³-hybridized carbons (Fsp3) is 0.214. The van der Waals surface area contributed by atoms with Crippen molar-refractivity contribution in [2.75, 3.05) is 25.7 Å². The Bertz CT molecular complexity index is 862. The number of anilines is 2. The Morgan fingerprint density at radius 3 is 2.61 bits per heavy atom. The molecule has 0 aliphatic rings. The van der Waals surface area contributed by atoms with Gasteiger partial charge in [-0.05, 0) is 12.1 Å². The minimum Gasteiger partial charge on any atom is -0.354 e. The summed E-state index contributed by atoms with van der Waals surface area (Å²) in [5.41, 5.74) is 1.01. The van der Waals surface area contributed by atoms with Crippen molar-refractivity contribution >= 4 is 38.6 Å². The van der Waals surface area contributed by atoms with Gasteiger partial charge in [-0.25, -0.2) is 8.57 Å². The Hall–Kier alpha value is -2.19. The van der Waals surface area contributed by atoms with Crippen molar-refractivity contribution in [3.8, 4) is 0 Å². The Morgan fingerprint density at radius 1 is 1.26 bits per heavy atom. The molecule has 0 spiro atoms. The van der Waals surface area contributed by atoms with Gasteiger partial charge in [0.1, 0.15) is 0 Å². The Kier molecular flexibility index (Phi) is 5.17. The number of nitrogens with one attached hydrogen (secondary N) is 2. The molecule has 0 bridgehead atoms. The normalized spacial score (nSPS) is 13.0. The lowest BCUT2D eigenvalue weighted by Crippen LogP contribution is -2.21. The maximum absolute atomic E-state index is 12.6. The van der Waals surface area contributed by atoms with Crippen LogP contribution in [0.3, 0.4) is 0 Å². The van der Waals surface area contributed by atoms with Crippen molar-refractivity contribution in [1.29, 1.82) is 0 Å². The van der Waals surface area contributed by atoms with E-state index in [0.29, 0.717) is 16.3 Å². The lowest BCUT2D eigenvalue weighted by atomic mass is 10.2. The third-order valence-electron chi connectivity index (χ3n) is 3.12. The lowest BCUT2D eigenvalue weighted by Gasteiger charge is -2.14. The predicted octanol–water partition coefficient (Wildman–Crippen LogP) is 2.32. The first-order valence-electron chi connectivity index (χ1n) is 6.60. The zero-order valence-electron chi connectivity index (χ0n) is 12.8. The molecular formula is C14H16ClN5O2S. The van der Waals surface area contributed by atoms with Crippen LogP contribution in [0.5, 0.6) is 0 Å². The van der Waals surface area contributed by atoms with E-state index in [9.17, 15) is 9.00 Å². The summed E-state index contributed by atoms with van der Waals surface area (Å²) in [6, 6.07) is 8.49. The highest BCUT2D eigenvalue weighted by Gasteiger charge is 2.17. The number of amides is 1. The zero-order valence-corrected chi connectivity index (χ0v) is 14.4. The molecule has 7 nitrogen and oxygen atoms in total. The number of halogens is 1. The van der Waals surface area contributed by atoms with E-state index >= 15 is 0 Å². The molecule has 0 saturated carbocycles. The van der Waals surface area contributed by atoms with E-state index in [1.807, 2.05) is 0 Å². The smallest absolute Gasteiger partial charge is 0.273 e. The fourth-order valence-electron chi connectivity index (χ4n) is 1.89. The van der Waals surface area contributed by atoms with Crippen LogP contribution in [0, 0.1) is 0 Å². The lowest BCUT2D eigenvalue weighted by molar-refractivity contribution is 0.0958. The molecule has 1 atom stereocenters. The van der Waals surface area contributed by atoms with Gasteiger partial charge in [-0.1, -0.05) is 23.7 Å². The van der Waals surface area contributed by atoms with E-state index in [1.54, 1.807) is 30.5 Å². The summed E-state index contributed by atoms with van der Waals surface area (Å²) < 4.78 is 16.5. The van der Waals surface area contributed by atoms with E-state index in [4.69, 9.17) is 11.6 Å². The quantitative estimate of drug-likeness (QED) is 0.879. The van der Waals surface area contributed by atoms with Crippen LogP contribution in [0.25, 0.3) is 0 Å². The number of para-hydroxylation sites is 1. The molecule has 0 saturated heterocycles. The highest BCUT2D eigenvalue weighted by molar-refractivity contribution is 7.93. The van der Waals surface area contributed by atoms with Crippen LogP contribution in [-0.2, 0) is 9.73 Å². The van der Waals surface area contributed by atoms with E-state index in [0.717, 1.165) is 0 Å². The Labute approximate surface area is 139 Å². The monoisotopic (exact) mass is 353 g/mol. The summed E-state index contributed by atoms with van der Waals surface area (Å²) in [7, 11) is 0.436. The van der Waals surface area contributed by atoms with Crippen LogP contribution in [0.4, 0.5) is 11.4 Å². The van der Waals surface area contributed by atoms with E-state index in [-0.39, 0.29) is 10.8 Å². The van der Waals surface area contributed by atoms with Gasteiger partial charge in [-0.2, -0.15) is 0 Å². The average Bonchev–Trinajstić information content (AvgIpc) is 2.54. The predicted molar refractivity (Wildman–Crippen MR) is 90.8 cm³/mol. The topological polar surface area (TPSA) is 96.3 Å². The number of benzene rings is 1. The SMILES string of the molecule is CN=S(C)(=O)c1ccccc1Nc1cc(Cl)nnc1C(=O)NC. The summed E-state index contributed by atoms with van der Waals surface area (Å²) in [5, 5.41) is 13.2. The molecule has 23 heavy (non-hydrogen) atoms. The van der Waals surface area contributed by atoms with Crippen molar-refractivity contribution in [3.63, 3.8) is 0 Å². The largest absolute Gasteiger partial charge is 0.354 e. The Balaban J connectivity index is 2.55. The first kappa shape index (κ1) is 17.2. The van der Waals surface area contributed by atoms with Crippen LogP contribution >= 0.6 is 11.6 Å². The Morgan fingerprint density at radius 2 is 1.96 bits per heavy atom. The molecule has 2 aromatic rings. The van der Waals surface area contributed by atoms with Crippen LogP contribution in [-0.4, -0.2) is 40.7 Å². The molecule has 1 aromatic heterocycles. The van der Waals surface area contributed by atoms with Gasteiger partial charge in [0, 0.05) is 26.4 Å². The summed E-state index contributed by atoms with van der Waals surface area (Å²) >= 11 is 5.87. The molecule has 0 fully saturated rings. The van der Waals surface area contributed by atoms with Gasteiger partial charge in [0.2, 0.25) is 0 Å². The van der Waals surface area contributed by atoms with Crippen molar-refractivity contribution in [2.45, 2.75) is 4.90 Å². The highest BCUT2D eigenvalue weighted by Crippen LogP contribution is 2.27. The molecule has 122 valence electrons. The zero-order chi connectivity index (χ0) is 17.0. The van der Waals surface area contributed by atoms with Gasteiger partial charge in [0.05, 0.1) is 26.0 Å². The van der Waals surface area contributed by atoms with Gasteiger partial charge < -0.3 is 10.6 Å². The van der Waals surface area contributed by atoms with Gasteiger partial charge >= 0.3 is 0 Å². The molecule has 9 heteroatoms. The molecule has 2 N–H and O–H groups in total. The van der Waals surface area contributed by atoms with Gasteiger partial charge in [0.15, 0.2) is 10.8 Å². The van der Waals surface area contributed by atoms with Crippen LogP contribution in [0.1, 0.15) is 10.5 Å². The highest BCUT2D eigenvalue weighted by atomic mass is 35.5. The molecule has 2 rings (SSSR count). The minimum atomic E-state index is -2.55. The fourth-order valence-corrected chi connectivity index (χ4v) is 3.09.